The second kappa shape index (κ2) is 6.74. The summed E-state index contributed by atoms with van der Waals surface area (Å²) in [6.07, 6.45) is 0.857. The molecule has 1 unspecified atom stereocenters. The van der Waals surface area contributed by atoms with Gasteiger partial charge in [-0.2, -0.15) is 13.2 Å². The van der Waals surface area contributed by atoms with Crippen LogP contribution in [0.2, 0.25) is 0 Å². The fraction of sp³-hybridized carbons (Fsp3) is 0.600. The van der Waals surface area contributed by atoms with Crippen LogP contribution < -0.4 is 5.32 Å². The van der Waals surface area contributed by atoms with Gasteiger partial charge in [-0.05, 0) is 31.4 Å². The van der Waals surface area contributed by atoms with Crippen molar-refractivity contribution in [3.63, 3.8) is 0 Å². The topological polar surface area (TPSA) is 12.0 Å². The normalized spacial score (nSPS) is 17.6. The van der Waals surface area contributed by atoms with Gasteiger partial charge in [-0.3, -0.25) is 0 Å². The molecule has 0 aromatic heterocycles. The quantitative estimate of drug-likeness (QED) is 0.713. The van der Waals surface area contributed by atoms with Gasteiger partial charge >= 0.3 is 6.18 Å². The van der Waals surface area contributed by atoms with Crippen molar-refractivity contribution < 1.29 is 13.2 Å². The maximum Gasteiger partial charge on any atom is 0.398 e. The van der Waals surface area contributed by atoms with E-state index in [1.807, 2.05) is 12.1 Å². The average Bonchev–Trinajstić information content (AvgIpc) is 2.32. The molecule has 1 aromatic carbocycles. The number of alkyl halides is 3. The number of anilines is 1. The fourth-order valence-electron chi connectivity index (χ4n) is 2.42. The van der Waals surface area contributed by atoms with Crippen molar-refractivity contribution in [2.45, 2.75) is 49.7 Å². The van der Waals surface area contributed by atoms with Crippen LogP contribution in [0.15, 0.2) is 29.2 Å². The van der Waals surface area contributed by atoms with Crippen LogP contribution >= 0.6 is 11.8 Å². The molecule has 1 saturated carbocycles. The van der Waals surface area contributed by atoms with Crippen LogP contribution in [0.3, 0.4) is 0 Å². The number of hydrogen-bond donors (Lipinski definition) is 1. The molecule has 0 saturated heterocycles. The van der Waals surface area contributed by atoms with Gasteiger partial charge in [-0.15, -0.1) is 11.8 Å². The van der Waals surface area contributed by atoms with Crippen LogP contribution in [0.5, 0.6) is 0 Å². The van der Waals surface area contributed by atoms with Crippen LogP contribution in [0.25, 0.3) is 0 Å². The lowest BCUT2D eigenvalue weighted by Gasteiger charge is -2.29. The van der Waals surface area contributed by atoms with Gasteiger partial charge in [0.15, 0.2) is 0 Å². The van der Waals surface area contributed by atoms with Gasteiger partial charge in [-0.1, -0.05) is 31.4 Å². The summed E-state index contributed by atoms with van der Waals surface area (Å²) < 4.78 is 37.0. The summed E-state index contributed by atoms with van der Waals surface area (Å²) in [6, 6.07) is 7.54. The summed E-state index contributed by atoms with van der Waals surface area (Å²) in [7, 11) is 0. The Hall–Kier alpha value is -0.840. The highest BCUT2D eigenvalue weighted by molar-refractivity contribution is 7.99. The van der Waals surface area contributed by atoms with E-state index in [-0.39, 0.29) is 0 Å². The van der Waals surface area contributed by atoms with Crippen molar-refractivity contribution >= 4 is 17.4 Å². The monoisotopic (exact) mass is 303 g/mol. The van der Waals surface area contributed by atoms with Gasteiger partial charge in [0, 0.05) is 16.6 Å². The van der Waals surface area contributed by atoms with Crippen LogP contribution in [0.4, 0.5) is 18.9 Å². The zero-order chi connectivity index (χ0) is 14.6. The number of rotatable bonds is 6. The van der Waals surface area contributed by atoms with Gasteiger partial charge in [0.25, 0.3) is 0 Å². The first-order chi connectivity index (χ1) is 9.44. The predicted octanol–water partition coefficient (Wildman–Crippen LogP) is 5.33. The summed E-state index contributed by atoms with van der Waals surface area (Å²) in [5.74, 6) is -0.0598. The van der Waals surface area contributed by atoms with Crippen LogP contribution in [-0.2, 0) is 0 Å². The summed E-state index contributed by atoms with van der Waals surface area (Å²) in [5.41, 5.74) is 0.813. The van der Waals surface area contributed by atoms with Gasteiger partial charge in [0.05, 0.1) is 5.75 Å². The number of para-hydroxylation sites is 1. The summed E-state index contributed by atoms with van der Waals surface area (Å²) >= 11 is 0.847. The fourth-order valence-corrected chi connectivity index (χ4v) is 3.20. The lowest BCUT2D eigenvalue weighted by atomic mass is 9.81. The second-order valence-corrected chi connectivity index (χ2v) is 6.50. The molecule has 0 spiro atoms. The average molecular weight is 303 g/mol. The highest BCUT2D eigenvalue weighted by Crippen LogP contribution is 2.34. The highest BCUT2D eigenvalue weighted by atomic mass is 32.2. The van der Waals surface area contributed by atoms with Crippen molar-refractivity contribution in [3.8, 4) is 0 Å². The lowest BCUT2D eigenvalue weighted by molar-refractivity contribution is -0.105. The SMILES string of the molecule is CC(CC1CCC1)Nc1ccccc1SCC(F)(F)F. The standard InChI is InChI=1S/C15H20F3NS/c1-11(9-12-5-4-6-12)19-13-7-2-3-8-14(13)20-10-15(16,17)18/h2-3,7-8,11-12,19H,4-6,9-10H2,1H3. The highest BCUT2D eigenvalue weighted by Gasteiger charge is 2.28. The van der Waals surface area contributed by atoms with Crippen molar-refractivity contribution in [2.24, 2.45) is 5.92 Å². The minimum atomic E-state index is -4.13. The Bertz CT molecular complexity index is 429. The predicted molar refractivity (Wildman–Crippen MR) is 78.3 cm³/mol. The molecule has 1 N–H and O–H groups in total. The molecular weight excluding hydrogens is 283 g/mol. The van der Waals surface area contributed by atoms with E-state index in [4.69, 9.17) is 0 Å². The van der Waals surface area contributed by atoms with Gasteiger partial charge in [0.1, 0.15) is 0 Å². The molecule has 5 heteroatoms. The third-order valence-electron chi connectivity index (χ3n) is 3.59. The van der Waals surface area contributed by atoms with Gasteiger partial charge in [-0.25, -0.2) is 0 Å². The Kier molecular flexibility index (Phi) is 5.24. The lowest BCUT2D eigenvalue weighted by Crippen LogP contribution is -2.23. The third-order valence-corrected chi connectivity index (χ3v) is 4.73. The second-order valence-electron chi connectivity index (χ2n) is 5.48. The third kappa shape index (κ3) is 4.93. The largest absolute Gasteiger partial charge is 0.398 e. The molecule has 0 heterocycles. The zero-order valence-electron chi connectivity index (χ0n) is 11.5. The number of thioether (sulfide) groups is 1. The molecule has 20 heavy (non-hydrogen) atoms. The maximum absolute atomic E-state index is 12.3. The van der Waals surface area contributed by atoms with Crippen LogP contribution in [0.1, 0.15) is 32.6 Å². The summed E-state index contributed by atoms with van der Waals surface area (Å²) in [5, 5.41) is 3.36. The van der Waals surface area contributed by atoms with E-state index in [2.05, 4.69) is 12.2 Å². The molecule has 2 rings (SSSR count). The molecule has 1 aliphatic rings. The number of nitrogens with one attached hydrogen (secondary N) is 1. The summed E-state index contributed by atoms with van der Waals surface area (Å²) in [6.45, 7) is 2.10. The molecule has 1 aromatic rings. The van der Waals surface area contributed by atoms with Gasteiger partial charge in [0.2, 0.25) is 0 Å². The molecule has 0 aliphatic heterocycles. The Morgan fingerprint density at radius 2 is 2.00 bits per heavy atom. The number of benzene rings is 1. The van der Waals surface area contributed by atoms with Crippen LogP contribution in [-0.4, -0.2) is 18.0 Å². The Labute approximate surface area is 122 Å². The Morgan fingerprint density at radius 1 is 1.30 bits per heavy atom. The van der Waals surface area contributed by atoms with E-state index in [1.165, 1.54) is 19.3 Å². The zero-order valence-corrected chi connectivity index (χ0v) is 12.4. The molecular formula is C15H20F3NS. The Morgan fingerprint density at radius 3 is 2.60 bits per heavy atom. The number of hydrogen-bond acceptors (Lipinski definition) is 2. The maximum atomic E-state index is 12.3. The van der Waals surface area contributed by atoms with Crippen molar-refractivity contribution in [2.75, 3.05) is 11.1 Å². The summed E-state index contributed by atoms with van der Waals surface area (Å²) in [4.78, 5) is 0.672. The first-order valence-electron chi connectivity index (χ1n) is 6.99. The molecule has 1 nitrogen and oxygen atoms in total. The van der Waals surface area contributed by atoms with Crippen molar-refractivity contribution in [1.82, 2.24) is 0 Å². The molecule has 0 bridgehead atoms. The van der Waals surface area contributed by atoms with Crippen molar-refractivity contribution in [3.05, 3.63) is 24.3 Å². The van der Waals surface area contributed by atoms with Gasteiger partial charge < -0.3 is 5.32 Å². The molecule has 0 radical (unpaired) electrons. The minimum Gasteiger partial charge on any atom is -0.382 e. The first-order valence-corrected chi connectivity index (χ1v) is 7.98. The molecule has 1 atom stereocenters. The molecule has 1 aliphatic carbocycles. The van der Waals surface area contributed by atoms with E-state index < -0.39 is 11.9 Å². The Balaban J connectivity index is 1.92. The van der Waals surface area contributed by atoms with E-state index >= 15 is 0 Å². The van der Waals surface area contributed by atoms with E-state index in [0.717, 1.165) is 29.8 Å². The minimum absolute atomic E-state index is 0.299. The smallest absolute Gasteiger partial charge is 0.382 e. The molecule has 112 valence electrons. The van der Waals surface area contributed by atoms with Crippen LogP contribution in [0, 0.1) is 5.92 Å². The first kappa shape index (κ1) is 15.5. The molecule has 0 amide bonds. The van der Waals surface area contributed by atoms with E-state index in [1.54, 1.807) is 12.1 Å². The molecule has 1 fully saturated rings. The van der Waals surface area contributed by atoms with E-state index in [9.17, 15) is 13.2 Å². The van der Waals surface area contributed by atoms with Crippen molar-refractivity contribution in [1.29, 1.82) is 0 Å². The number of halogens is 3. The van der Waals surface area contributed by atoms with E-state index in [0.29, 0.717) is 10.9 Å².